The number of rotatable bonds is 5. The van der Waals surface area contributed by atoms with Crippen LogP contribution in [0, 0.1) is 5.92 Å². The van der Waals surface area contributed by atoms with Gasteiger partial charge in [-0.1, -0.05) is 48.5 Å². The van der Waals surface area contributed by atoms with Gasteiger partial charge in [0.15, 0.2) is 0 Å². The van der Waals surface area contributed by atoms with Crippen molar-refractivity contribution in [2.24, 2.45) is 5.92 Å². The van der Waals surface area contributed by atoms with Gasteiger partial charge in [-0.15, -0.1) is 11.3 Å². The predicted molar refractivity (Wildman–Crippen MR) is 115 cm³/mol. The maximum absolute atomic E-state index is 12.5. The van der Waals surface area contributed by atoms with Crippen molar-refractivity contribution >= 4 is 50.9 Å². The van der Waals surface area contributed by atoms with Crippen LogP contribution in [-0.2, 0) is 29.0 Å². The van der Waals surface area contributed by atoms with Crippen molar-refractivity contribution in [1.82, 2.24) is 9.97 Å². The number of benzene rings is 1. The standard InChI is InChI=1S/C21H21ClN2O2S2/c1-12-7-8-15-17(9-12)28-20-18(15)19(23-11-24-20)27-13(2)21(25)26-10-14-5-3-4-6-16(14)22/h3-6,11-13H,7-10H2,1-2H3/t12-,13-/m0/s1. The minimum atomic E-state index is -0.362. The first-order valence-electron chi connectivity index (χ1n) is 9.35. The van der Waals surface area contributed by atoms with Gasteiger partial charge in [0, 0.05) is 20.8 Å². The largest absolute Gasteiger partial charge is 0.460 e. The van der Waals surface area contributed by atoms with Gasteiger partial charge < -0.3 is 4.74 Å². The summed E-state index contributed by atoms with van der Waals surface area (Å²) in [6, 6.07) is 7.39. The highest BCUT2D eigenvalue weighted by Crippen LogP contribution is 2.41. The Kier molecular flexibility index (Phi) is 5.90. The molecular weight excluding hydrogens is 412 g/mol. The summed E-state index contributed by atoms with van der Waals surface area (Å²) in [6.07, 6.45) is 4.95. The molecule has 0 fully saturated rings. The van der Waals surface area contributed by atoms with Gasteiger partial charge >= 0.3 is 5.97 Å². The van der Waals surface area contributed by atoms with E-state index in [0.29, 0.717) is 10.9 Å². The molecule has 1 aromatic carbocycles. The summed E-state index contributed by atoms with van der Waals surface area (Å²) in [5.41, 5.74) is 2.18. The van der Waals surface area contributed by atoms with E-state index in [4.69, 9.17) is 16.3 Å². The van der Waals surface area contributed by atoms with Gasteiger partial charge in [0.05, 0.1) is 0 Å². The summed E-state index contributed by atoms with van der Waals surface area (Å²) in [4.78, 5) is 23.9. The number of carbonyl (C=O) groups is 1. The van der Waals surface area contributed by atoms with E-state index in [2.05, 4.69) is 16.9 Å². The summed E-state index contributed by atoms with van der Waals surface area (Å²) in [5.74, 6) is 0.442. The van der Waals surface area contributed by atoms with Crippen molar-refractivity contribution in [3.63, 3.8) is 0 Å². The summed E-state index contributed by atoms with van der Waals surface area (Å²) >= 11 is 9.35. The third-order valence-corrected chi connectivity index (χ3v) is 7.61. The zero-order valence-corrected chi connectivity index (χ0v) is 18.2. The highest BCUT2D eigenvalue weighted by molar-refractivity contribution is 8.00. The number of carbonyl (C=O) groups excluding carboxylic acids is 1. The zero-order valence-electron chi connectivity index (χ0n) is 15.8. The van der Waals surface area contributed by atoms with E-state index >= 15 is 0 Å². The van der Waals surface area contributed by atoms with Crippen LogP contribution in [0.15, 0.2) is 35.6 Å². The lowest BCUT2D eigenvalue weighted by atomic mass is 9.89. The summed E-state index contributed by atoms with van der Waals surface area (Å²) in [7, 11) is 0. The van der Waals surface area contributed by atoms with Crippen molar-refractivity contribution in [1.29, 1.82) is 0 Å². The van der Waals surface area contributed by atoms with E-state index in [1.54, 1.807) is 23.7 Å². The molecule has 0 saturated heterocycles. The van der Waals surface area contributed by atoms with Crippen LogP contribution < -0.4 is 0 Å². The monoisotopic (exact) mass is 432 g/mol. The minimum absolute atomic E-state index is 0.175. The fraction of sp³-hybridized carbons (Fsp3) is 0.381. The lowest BCUT2D eigenvalue weighted by Crippen LogP contribution is -2.17. The Morgan fingerprint density at radius 2 is 2.21 bits per heavy atom. The number of halogens is 1. The normalized spacial score (nSPS) is 17.3. The van der Waals surface area contributed by atoms with Gasteiger partial charge in [-0.25, -0.2) is 9.97 Å². The molecule has 0 amide bonds. The second kappa shape index (κ2) is 8.39. The summed E-state index contributed by atoms with van der Waals surface area (Å²) in [6.45, 7) is 4.33. The van der Waals surface area contributed by atoms with Crippen LogP contribution in [0.2, 0.25) is 5.02 Å². The molecule has 0 bridgehead atoms. The van der Waals surface area contributed by atoms with Gasteiger partial charge in [0.2, 0.25) is 0 Å². The highest BCUT2D eigenvalue weighted by atomic mass is 35.5. The van der Waals surface area contributed by atoms with E-state index in [9.17, 15) is 4.79 Å². The Morgan fingerprint density at radius 1 is 1.39 bits per heavy atom. The van der Waals surface area contributed by atoms with Crippen molar-refractivity contribution in [2.45, 2.75) is 50.0 Å². The number of hydrogen-bond donors (Lipinski definition) is 0. The SMILES string of the molecule is C[C@H]1CCc2c(sc3ncnc(S[C@@H](C)C(=O)OCc4ccccc4Cl)c23)C1. The van der Waals surface area contributed by atoms with E-state index in [1.807, 2.05) is 25.1 Å². The Bertz CT molecular complexity index is 1020. The topological polar surface area (TPSA) is 52.1 Å². The van der Waals surface area contributed by atoms with Crippen molar-refractivity contribution < 1.29 is 9.53 Å². The molecule has 3 aromatic rings. The first-order chi connectivity index (χ1) is 13.5. The van der Waals surface area contributed by atoms with Crippen molar-refractivity contribution in [3.8, 4) is 0 Å². The molecule has 0 aliphatic heterocycles. The summed E-state index contributed by atoms with van der Waals surface area (Å²) in [5, 5.41) is 2.25. The molecule has 0 unspecified atom stereocenters. The van der Waals surface area contributed by atoms with Gasteiger partial charge in [0.25, 0.3) is 0 Å². The molecule has 146 valence electrons. The smallest absolute Gasteiger partial charge is 0.319 e. The second-order valence-electron chi connectivity index (χ2n) is 7.17. The third-order valence-electron chi connectivity index (χ3n) is 5.01. The maximum Gasteiger partial charge on any atom is 0.319 e. The van der Waals surface area contributed by atoms with Crippen LogP contribution in [0.3, 0.4) is 0 Å². The molecule has 1 aliphatic rings. The lowest BCUT2D eigenvalue weighted by Gasteiger charge is -2.18. The van der Waals surface area contributed by atoms with Gasteiger partial charge in [-0.3, -0.25) is 4.79 Å². The van der Waals surface area contributed by atoms with Gasteiger partial charge in [-0.05, 0) is 43.7 Å². The molecule has 2 heterocycles. The highest BCUT2D eigenvalue weighted by Gasteiger charge is 2.25. The number of ether oxygens (including phenoxy) is 1. The third kappa shape index (κ3) is 4.04. The molecule has 7 heteroatoms. The molecule has 28 heavy (non-hydrogen) atoms. The zero-order chi connectivity index (χ0) is 19.7. The molecule has 2 aromatic heterocycles. The molecule has 2 atom stereocenters. The number of thioether (sulfide) groups is 1. The van der Waals surface area contributed by atoms with Crippen LogP contribution in [-0.4, -0.2) is 21.2 Å². The number of aryl methyl sites for hydroxylation is 1. The molecule has 4 rings (SSSR count). The molecule has 0 N–H and O–H groups in total. The molecule has 0 saturated carbocycles. The number of hydrogen-bond acceptors (Lipinski definition) is 6. The number of esters is 1. The molecule has 1 aliphatic carbocycles. The van der Waals surface area contributed by atoms with Crippen LogP contribution in [0.25, 0.3) is 10.2 Å². The predicted octanol–water partition coefficient (Wildman–Crippen LogP) is 5.69. The van der Waals surface area contributed by atoms with Crippen molar-refractivity contribution in [3.05, 3.63) is 51.6 Å². The Hall–Kier alpha value is -1.63. The van der Waals surface area contributed by atoms with E-state index in [1.165, 1.54) is 28.6 Å². The maximum atomic E-state index is 12.5. The van der Waals surface area contributed by atoms with Crippen LogP contribution >= 0.6 is 34.7 Å². The second-order valence-corrected chi connectivity index (χ2v) is 9.99. The Morgan fingerprint density at radius 3 is 3.04 bits per heavy atom. The summed E-state index contributed by atoms with van der Waals surface area (Å²) < 4.78 is 5.48. The fourth-order valence-electron chi connectivity index (χ4n) is 3.43. The number of nitrogens with zero attached hydrogens (tertiary/aromatic N) is 2. The number of thiophene rings is 1. The van der Waals surface area contributed by atoms with Gasteiger partial charge in [-0.2, -0.15) is 0 Å². The van der Waals surface area contributed by atoms with Gasteiger partial charge in [0.1, 0.15) is 28.0 Å². The molecular formula is C21H21ClN2O2S2. The lowest BCUT2D eigenvalue weighted by molar-refractivity contribution is -0.143. The number of aromatic nitrogens is 2. The molecule has 0 radical (unpaired) electrons. The van der Waals surface area contributed by atoms with Crippen LogP contribution in [0.4, 0.5) is 0 Å². The number of fused-ring (bicyclic) bond motifs is 3. The molecule has 4 nitrogen and oxygen atoms in total. The van der Waals surface area contributed by atoms with E-state index in [-0.39, 0.29) is 17.8 Å². The Balaban J connectivity index is 1.50. The first kappa shape index (κ1) is 19.7. The Labute approximate surface area is 177 Å². The average molecular weight is 433 g/mol. The van der Waals surface area contributed by atoms with Crippen LogP contribution in [0.1, 0.15) is 36.3 Å². The minimum Gasteiger partial charge on any atom is -0.460 e. The van der Waals surface area contributed by atoms with E-state index in [0.717, 1.165) is 33.6 Å². The first-order valence-corrected chi connectivity index (χ1v) is 11.4. The van der Waals surface area contributed by atoms with Crippen LogP contribution in [0.5, 0.6) is 0 Å². The quantitative estimate of drug-likeness (QED) is 0.294. The molecule has 0 spiro atoms. The van der Waals surface area contributed by atoms with E-state index < -0.39 is 0 Å². The van der Waals surface area contributed by atoms with Crippen molar-refractivity contribution in [2.75, 3.05) is 0 Å². The average Bonchev–Trinajstić information content (AvgIpc) is 3.05. The fourth-order valence-corrected chi connectivity index (χ4v) is 5.98.